The highest BCUT2D eigenvalue weighted by Crippen LogP contribution is 2.12. The molecule has 0 N–H and O–H groups in total. The zero-order valence-corrected chi connectivity index (χ0v) is 18.1. The van der Waals surface area contributed by atoms with Crippen molar-refractivity contribution in [3.8, 4) is 0 Å². The van der Waals surface area contributed by atoms with Gasteiger partial charge in [0.1, 0.15) is 0 Å². The lowest BCUT2D eigenvalue weighted by Gasteiger charge is -2.30. The van der Waals surface area contributed by atoms with Gasteiger partial charge in [0.15, 0.2) is 0 Å². The Labute approximate surface area is 158 Å². The summed E-state index contributed by atoms with van der Waals surface area (Å²) in [6, 6.07) is 0. The standard InChI is InChI=1S/C20H44N.C2H4O2/c1-5-7-9-11-13-15-17-19-21(3,4)20-18-16-14-12-10-8-6-2;1-2(3)4/h5-20H2,1-4H3;1H3,(H,3,4)/q+1;/p-1. The van der Waals surface area contributed by atoms with E-state index in [1.807, 2.05) is 0 Å². The normalized spacial score (nSPS) is 11.1. The van der Waals surface area contributed by atoms with Gasteiger partial charge >= 0.3 is 0 Å². The van der Waals surface area contributed by atoms with Gasteiger partial charge in [0.25, 0.3) is 0 Å². The number of unbranched alkanes of at least 4 members (excludes halogenated alkanes) is 12. The van der Waals surface area contributed by atoms with Crippen molar-refractivity contribution in [3.05, 3.63) is 0 Å². The van der Waals surface area contributed by atoms with Crippen LogP contribution in [0.2, 0.25) is 0 Å². The second-order valence-corrected chi connectivity index (χ2v) is 8.12. The smallest absolute Gasteiger partial charge is 0.0782 e. The molecule has 0 aromatic carbocycles. The van der Waals surface area contributed by atoms with Gasteiger partial charge in [-0.15, -0.1) is 0 Å². The second kappa shape index (κ2) is 19.8. The minimum absolute atomic E-state index is 0.972. The number of carboxylic acids is 1. The van der Waals surface area contributed by atoms with Gasteiger partial charge in [-0.3, -0.25) is 0 Å². The monoisotopic (exact) mass is 357 g/mol. The maximum Gasteiger partial charge on any atom is 0.0782 e. The van der Waals surface area contributed by atoms with E-state index >= 15 is 0 Å². The van der Waals surface area contributed by atoms with E-state index in [1.54, 1.807) is 0 Å². The molecular formula is C22H47NO2. The van der Waals surface area contributed by atoms with Crippen LogP contribution in [0.15, 0.2) is 0 Å². The maximum absolute atomic E-state index is 8.89. The Morgan fingerprint density at radius 3 is 1.16 bits per heavy atom. The highest BCUT2D eigenvalue weighted by atomic mass is 16.4. The molecule has 0 aliphatic carbocycles. The number of carboxylic acid groups (broad SMARTS) is 1. The van der Waals surface area contributed by atoms with E-state index in [0.717, 1.165) is 6.92 Å². The molecule has 152 valence electrons. The molecule has 0 atom stereocenters. The Balaban J connectivity index is 0. The molecule has 3 nitrogen and oxygen atoms in total. The Morgan fingerprint density at radius 2 is 0.880 bits per heavy atom. The van der Waals surface area contributed by atoms with E-state index in [4.69, 9.17) is 9.90 Å². The third kappa shape index (κ3) is 28.5. The van der Waals surface area contributed by atoms with E-state index < -0.39 is 5.97 Å². The van der Waals surface area contributed by atoms with E-state index in [2.05, 4.69) is 27.9 Å². The lowest BCUT2D eigenvalue weighted by molar-refractivity contribution is -0.890. The van der Waals surface area contributed by atoms with Gasteiger partial charge in [0.05, 0.1) is 27.2 Å². The van der Waals surface area contributed by atoms with Crippen LogP contribution in [0.3, 0.4) is 0 Å². The summed E-state index contributed by atoms with van der Waals surface area (Å²) in [5, 5.41) is 8.89. The van der Waals surface area contributed by atoms with E-state index in [0.29, 0.717) is 0 Å². The predicted octanol–water partition coefficient (Wildman–Crippen LogP) is 5.32. The maximum atomic E-state index is 8.89. The van der Waals surface area contributed by atoms with Crippen molar-refractivity contribution in [1.29, 1.82) is 0 Å². The number of hydrogen-bond acceptors (Lipinski definition) is 2. The quantitative estimate of drug-likeness (QED) is 0.277. The fraction of sp³-hybridized carbons (Fsp3) is 0.955. The van der Waals surface area contributed by atoms with Crippen molar-refractivity contribution in [3.63, 3.8) is 0 Å². The van der Waals surface area contributed by atoms with Gasteiger partial charge in [-0.1, -0.05) is 78.1 Å². The number of rotatable bonds is 16. The summed E-state index contributed by atoms with van der Waals surface area (Å²) in [5.74, 6) is -1.08. The number of hydrogen-bond donors (Lipinski definition) is 0. The molecule has 25 heavy (non-hydrogen) atoms. The van der Waals surface area contributed by atoms with E-state index in [-0.39, 0.29) is 0 Å². The SMILES string of the molecule is CC(=O)[O-].CCCCCCCCC[N+](C)(C)CCCCCCCCC. The first-order chi connectivity index (χ1) is 11.9. The highest BCUT2D eigenvalue weighted by Gasteiger charge is 2.13. The lowest BCUT2D eigenvalue weighted by Crippen LogP contribution is -2.41. The molecule has 3 heteroatoms. The van der Waals surface area contributed by atoms with Crippen molar-refractivity contribution in [2.75, 3.05) is 27.2 Å². The minimum atomic E-state index is -1.08. The molecular weight excluding hydrogens is 310 g/mol. The summed E-state index contributed by atoms with van der Waals surface area (Å²) >= 11 is 0. The van der Waals surface area contributed by atoms with Gasteiger partial charge in [-0.2, -0.15) is 0 Å². The summed E-state index contributed by atoms with van der Waals surface area (Å²) in [6.45, 7) is 8.32. The van der Waals surface area contributed by atoms with Crippen LogP contribution < -0.4 is 5.11 Å². The molecule has 0 fully saturated rings. The van der Waals surface area contributed by atoms with Crippen molar-refractivity contribution in [1.82, 2.24) is 0 Å². The van der Waals surface area contributed by atoms with Crippen LogP contribution >= 0.6 is 0 Å². The Kier molecular flexibility index (Phi) is 21.1. The van der Waals surface area contributed by atoms with Gasteiger partial charge < -0.3 is 14.4 Å². The number of carbonyl (C=O) groups excluding carboxylic acids is 1. The minimum Gasteiger partial charge on any atom is -0.550 e. The molecule has 0 rings (SSSR count). The van der Waals surface area contributed by atoms with Gasteiger partial charge in [-0.25, -0.2) is 0 Å². The van der Waals surface area contributed by atoms with Crippen LogP contribution in [0.4, 0.5) is 0 Å². The molecule has 0 bridgehead atoms. The molecule has 0 amide bonds. The fourth-order valence-corrected chi connectivity index (χ4v) is 3.11. The number of carbonyl (C=O) groups is 1. The summed E-state index contributed by atoms with van der Waals surface area (Å²) in [4.78, 5) is 8.89. The van der Waals surface area contributed by atoms with Crippen LogP contribution in [-0.2, 0) is 4.79 Å². The molecule has 0 aromatic heterocycles. The topological polar surface area (TPSA) is 40.1 Å². The first kappa shape index (κ1) is 26.7. The summed E-state index contributed by atoms with van der Waals surface area (Å²) < 4.78 is 1.24. The molecule has 0 radical (unpaired) electrons. The van der Waals surface area contributed by atoms with E-state index in [9.17, 15) is 0 Å². The van der Waals surface area contributed by atoms with Crippen LogP contribution in [0.5, 0.6) is 0 Å². The molecule has 0 aliphatic rings. The van der Waals surface area contributed by atoms with Crippen LogP contribution in [0.25, 0.3) is 0 Å². The number of nitrogens with zero attached hydrogens (tertiary/aromatic N) is 1. The van der Waals surface area contributed by atoms with Crippen LogP contribution in [-0.4, -0.2) is 37.6 Å². The molecule has 0 saturated heterocycles. The third-order valence-electron chi connectivity index (χ3n) is 4.73. The van der Waals surface area contributed by atoms with Gasteiger partial charge in [0.2, 0.25) is 0 Å². The average molecular weight is 358 g/mol. The zero-order valence-electron chi connectivity index (χ0n) is 18.1. The molecule has 0 saturated carbocycles. The second-order valence-electron chi connectivity index (χ2n) is 8.12. The molecule has 0 heterocycles. The van der Waals surface area contributed by atoms with Crippen molar-refractivity contribution >= 4 is 5.97 Å². The number of quaternary nitrogens is 1. The van der Waals surface area contributed by atoms with Gasteiger partial charge in [-0.05, 0) is 32.6 Å². The van der Waals surface area contributed by atoms with E-state index in [1.165, 1.54) is 107 Å². The largest absolute Gasteiger partial charge is 0.550 e. The molecule has 0 aliphatic heterocycles. The van der Waals surface area contributed by atoms with Crippen molar-refractivity contribution in [2.24, 2.45) is 0 Å². The molecule has 0 unspecified atom stereocenters. The Bertz CT molecular complexity index is 253. The fourth-order valence-electron chi connectivity index (χ4n) is 3.11. The van der Waals surface area contributed by atoms with Gasteiger partial charge in [0, 0.05) is 5.97 Å². The van der Waals surface area contributed by atoms with Crippen molar-refractivity contribution < 1.29 is 14.4 Å². The number of aliphatic carboxylic acids is 1. The lowest BCUT2D eigenvalue weighted by atomic mass is 10.1. The summed E-state index contributed by atoms with van der Waals surface area (Å²) in [6.07, 6.45) is 20.1. The van der Waals surface area contributed by atoms with Crippen molar-refractivity contribution in [2.45, 2.75) is 111 Å². The zero-order chi connectivity index (χ0) is 19.4. The van der Waals surface area contributed by atoms with Crippen LogP contribution in [0.1, 0.15) is 111 Å². The summed E-state index contributed by atoms with van der Waals surface area (Å²) in [5.41, 5.74) is 0. The average Bonchev–Trinajstić information content (AvgIpc) is 2.52. The molecule has 0 aromatic rings. The Morgan fingerprint density at radius 1 is 0.640 bits per heavy atom. The summed E-state index contributed by atoms with van der Waals surface area (Å²) in [7, 11) is 4.85. The van der Waals surface area contributed by atoms with Crippen LogP contribution in [0, 0.1) is 0 Å². The molecule has 0 spiro atoms. The highest BCUT2D eigenvalue weighted by molar-refractivity contribution is 5.60. The predicted molar refractivity (Wildman–Crippen MR) is 109 cm³/mol. The third-order valence-corrected chi connectivity index (χ3v) is 4.73. The first-order valence-electron chi connectivity index (χ1n) is 10.8. The first-order valence-corrected chi connectivity index (χ1v) is 10.8. The Hall–Kier alpha value is -0.570.